The normalized spacial score (nSPS) is 19.7. The second-order valence-electron chi connectivity index (χ2n) is 5.90. The summed E-state index contributed by atoms with van der Waals surface area (Å²) in [6.45, 7) is 2.00. The van der Waals surface area contributed by atoms with E-state index in [9.17, 15) is 0 Å². The molecule has 0 spiro atoms. The maximum absolute atomic E-state index is 4.44. The number of fused-ring (bicyclic) bond motifs is 1. The summed E-state index contributed by atoms with van der Waals surface area (Å²) < 4.78 is 0. The zero-order chi connectivity index (χ0) is 12.1. The fourth-order valence-corrected chi connectivity index (χ4v) is 2.95. The minimum absolute atomic E-state index is 0.714. The van der Waals surface area contributed by atoms with Crippen LogP contribution in [0.2, 0.25) is 0 Å². The third kappa shape index (κ3) is 1.88. The number of hydrogen-bond acceptors (Lipinski definition) is 2. The molecule has 94 valence electrons. The Morgan fingerprint density at radius 3 is 2.61 bits per heavy atom. The number of nitrogens with zero attached hydrogens (tertiary/aromatic N) is 1. The molecular weight excluding hydrogens is 222 g/mol. The van der Waals surface area contributed by atoms with Crippen LogP contribution in [0.1, 0.15) is 31.5 Å². The lowest BCUT2D eigenvalue weighted by Gasteiger charge is -2.19. The molecule has 0 atom stereocenters. The fourth-order valence-electron chi connectivity index (χ4n) is 2.95. The maximum Gasteiger partial charge on any atom is 0.104 e. The van der Waals surface area contributed by atoms with Gasteiger partial charge in [0.2, 0.25) is 0 Å². The maximum atomic E-state index is 4.44. The Morgan fingerprint density at radius 1 is 1.22 bits per heavy atom. The minimum atomic E-state index is 0.714. The molecule has 1 aromatic heterocycles. The Morgan fingerprint density at radius 2 is 1.94 bits per heavy atom. The topological polar surface area (TPSA) is 40.7 Å². The van der Waals surface area contributed by atoms with Crippen molar-refractivity contribution in [2.75, 3.05) is 5.32 Å². The first kappa shape index (κ1) is 10.4. The van der Waals surface area contributed by atoms with Crippen molar-refractivity contribution in [2.45, 2.75) is 38.6 Å². The first-order chi connectivity index (χ1) is 8.79. The highest BCUT2D eigenvalue weighted by Gasteiger charge is 2.41. The fraction of sp³-hybridized carbons (Fsp3) is 0.533. The summed E-state index contributed by atoms with van der Waals surface area (Å²) in [5, 5.41) is 3.76. The van der Waals surface area contributed by atoms with E-state index in [1.54, 1.807) is 0 Å². The van der Waals surface area contributed by atoms with Crippen LogP contribution in [0.5, 0.6) is 0 Å². The highest BCUT2D eigenvalue weighted by Crippen LogP contribution is 2.45. The summed E-state index contributed by atoms with van der Waals surface area (Å²) >= 11 is 0. The molecule has 2 aliphatic rings. The molecule has 2 saturated carbocycles. The third-order valence-electron chi connectivity index (χ3n) is 4.19. The number of rotatable bonds is 4. The predicted molar refractivity (Wildman–Crippen MR) is 73.7 cm³/mol. The van der Waals surface area contributed by atoms with Crippen molar-refractivity contribution < 1.29 is 0 Å². The summed E-state index contributed by atoms with van der Waals surface area (Å²) in [5.41, 5.74) is 3.45. The summed E-state index contributed by atoms with van der Waals surface area (Å²) in [7, 11) is 0. The average molecular weight is 241 g/mol. The standard InChI is InChI=1S/C15H19N3/c1-9-16-13-7-6-12(8-14(13)17-9)18-15(10-2-3-10)11-4-5-11/h6-8,10-11,15,18H,2-5H2,1H3,(H,16,17). The third-order valence-corrected chi connectivity index (χ3v) is 4.19. The molecule has 18 heavy (non-hydrogen) atoms. The Hall–Kier alpha value is -1.51. The molecule has 0 unspecified atom stereocenters. The van der Waals surface area contributed by atoms with Crippen molar-refractivity contribution in [2.24, 2.45) is 11.8 Å². The number of benzene rings is 1. The number of imidazole rings is 1. The van der Waals surface area contributed by atoms with E-state index < -0.39 is 0 Å². The van der Waals surface area contributed by atoms with Crippen molar-refractivity contribution in [1.82, 2.24) is 9.97 Å². The van der Waals surface area contributed by atoms with Crippen molar-refractivity contribution >= 4 is 16.7 Å². The van der Waals surface area contributed by atoms with Crippen LogP contribution in [0.4, 0.5) is 5.69 Å². The van der Waals surface area contributed by atoms with E-state index in [1.165, 1.54) is 31.4 Å². The molecule has 0 radical (unpaired) electrons. The van der Waals surface area contributed by atoms with Gasteiger partial charge in [-0.3, -0.25) is 0 Å². The first-order valence-electron chi connectivity index (χ1n) is 7.02. The number of aromatic amines is 1. The predicted octanol–water partition coefficient (Wildman–Crippen LogP) is 3.47. The zero-order valence-electron chi connectivity index (χ0n) is 10.7. The van der Waals surface area contributed by atoms with Crippen LogP contribution in [0.25, 0.3) is 11.0 Å². The second-order valence-corrected chi connectivity index (χ2v) is 5.90. The number of H-pyrrole nitrogens is 1. The van der Waals surface area contributed by atoms with E-state index in [0.29, 0.717) is 6.04 Å². The van der Waals surface area contributed by atoms with E-state index in [4.69, 9.17) is 0 Å². The molecule has 2 fully saturated rings. The molecule has 0 amide bonds. The smallest absolute Gasteiger partial charge is 0.104 e. The number of hydrogen-bond donors (Lipinski definition) is 2. The van der Waals surface area contributed by atoms with Crippen LogP contribution < -0.4 is 5.32 Å². The van der Waals surface area contributed by atoms with Gasteiger partial charge in [0.25, 0.3) is 0 Å². The quantitative estimate of drug-likeness (QED) is 0.860. The van der Waals surface area contributed by atoms with Gasteiger partial charge in [0.15, 0.2) is 0 Å². The molecule has 2 aliphatic carbocycles. The zero-order valence-corrected chi connectivity index (χ0v) is 10.7. The number of nitrogens with one attached hydrogen (secondary N) is 2. The highest BCUT2D eigenvalue weighted by molar-refractivity contribution is 5.79. The van der Waals surface area contributed by atoms with Crippen molar-refractivity contribution in [3.63, 3.8) is 0 Å². The Kier molecular flexibility index (Phi) is 2.16. The van der Waals surface area contributed by atoms with Gasteiger partial charge in [-0.15, -0.1) is 0 Å². The molecule has 0 saturated heterocycles. The van der Waals surface area contributed by atoms with Gasteiger partial charge in [-0.05, 0) is 62.6 Å². The summed E-state index contributed by atoms with van der Waals surface area (Å²) in [5.74, 6) is 2.84. The Labute approximate surface area is 107 Å². The van der Waals surface area contributed by atoms with Gasteiger partial charge in [0.05, 0.1) is 11.0 Å². The molecule has 4 rings (SSSR count). The van der Waals surface area contributed by atoms with Gasteiger partial charge in [-0.25, -0.2) is 4.98 Å². The van der Waals surface area contributed by atoms with Crippen molar-refractivity contribution in [3.05, 3.63) is 24.0 Å². The molecule has 1 heterocycles. The number of aryl methyl sites for hydroxylation is 1. The molecule has 0 bridgehead atoms. The largest absolute Gasteiger partial charge is 0.382 e. The van der Waals surface area contributed by atoms with Crippen LogP contribution in [0.15, 0.2) is 18.2 Å². The molecule has 2 N–H and O–H groups in total. The molecule has 0 aliphatic heterocycles. The first-order valence-corrected chi connectivity index (χ1v) is 7.02. The van der Waals surface area contributed by atoms with Crippen molar-refractivity contribution in [3.8, 4) is 0 Å². The Bertz CT molecular complexity index is 566. The van der Waals surface area contributed by atoms with Crippen molar-refractivity contribution in [1.29, 1.82) is 0 Å². The second kappa shape index (κ2) is 3.74. The monoisotopic (exact) mass is 241 g/mol. The van der Waals surface area contributed by atoms with Gasteiger partial charge in [0, 0.05) is 11.7 Å². The van der Waals surface area contributed by atoms with E-state index in [2.05, 4.69) is 33.5 Å². The van der Waals surface area contributed by atoms with Gasteiger partial charge >= 0.3 is 0 Å². The van der Waals surface area contributed by atoms with Gasteiger partial charge in [-0.1, -0.05) is 0 Å². The molecular formula is C15H19N3. The summed E-state index contributed by atoms with van der Waals surface area (Å²) in [6, 6.07) is 7.19. The van der Waals surface area contributed by atoms with E-state index in [0.717, 1.165) is 28.7 Å². The van der Waals surface area contributed by atoms with Crippen LogP contribution >= 0.6 is 0 Å². The van der Waals surface area contributed by atoms with Gasteiger partial charge in [-0.2, -0.15) is 0 Å². The summed E-state index contributed by atoms with van der Waals surface area (Å²) in [4.78, 5) is 7.76. The van der Waals surface area contributed by atoms with Crippen LogP contribution in [-0.4, -0.2) is 16.0 Å². The number of anilines is 1. The average Bonchev–Trinajstić information content (AvgIpc) is 3.23. The lowest BCUT2D eigenvalue weighted by Crippen LogP contribution is -2.24. The van der Waals surface area contributed by atoms with Crippen LogP contribution in [-0.2, 0) is 0 Å². The Balaban J connectivity index is 1.60. The van der Waals surface area contributed by atoms with Gasteiger partial charge in [0.1, 0.15) is 5.82 Å². The summed E-state index contributed by atoms with van der Waals surface area (Å²) in [6.07, 6.45) is 5.66. The highest BCUT2D eigenvalue weighted by atomic mass is 15.0. The SMILES string of the molecule is Cc1nc2ccc(NC(C3CC3)C3CC3)cc2[nH]1. The minimum Gasteiger partial charge on any atom is -0.382 e. The van der Waals surface area contributed by atoms with E-state index in [-0.39, 0.29) is 0 Å². The van der Waals surface area contributed by atoms with E-state index in [1.807, 2.05) is 6.92 Å². The lowest BCUT2D eigenvalue weighted by molar-refractivity contribution is 0.568. The van der Waals surface area contributed by atoms with E-state index >= 15 is 0 Å². The molecule has 1 aromatic carbocycles. The number of aromatic nitrogens is 2. The van der Waals surface area contributed by atoms with Crippen LogP contribution in [0, 0.1) is 18.8 Å². The lowest BCUT2D eigenvalue weighted by atomic mass is 10.1. The molecule has 2 aromatic rings. The van der Waals surface area contributed by atoms with Gasteiger partial charge < -0.3 is 10.3 Å². The van der Waals surface area contributed by atoms with Crippen LogP contribution in [0.3, 0.4) is 0 Å². The molecule has 3 heteroatoms. The molecule has 3 nitrogen and oxygen atoms in total.